The largest absolute Gasteiger partial charge is 0.497 e. The zero-order chi connectivity index (χ0) is 30.1. The van der Waals surface area contributed by atoms with Gasteiger partial charge in [-0.3, -0.25) is 24.1 Å². The van der Waals surface area contributed by atoms with Crippen LogP contribution in [-0.2, 0) is 41.5 Å². The maximum atomic E-state index is 13.7. The van der Waals surface area contributed by atoms with Crippen molar-refractivity contribution in [1.82, 2.24) is 20.9 Å². The van der Waals surface area contributed by atoms with Crippen LogP contribution in [0.2, 0.25) is 0 Å². The van der Waals surface area contributed by atoms with Gasteiger partial charge >= 0.3 is 0 Å². The van der Waals surface area contributed by atoms with Gasteiger partial charge in [-0.2, -0.15) is 0 Å². The van der Waals surface area contributed by atoms with Gasteiger partial charge in [0.2, 0.25) is 17.7 Å². The van der Waals surface area contributed by atoms with E-state index in [1.165, 1.54) is 0 Å². The third kappa shape index (κ3) is 8.85. The number of ketones is 1. The normalized spacial score (nSPS) is 20.5. The number of methoxy groups -OCH3 is 1. The number of hydrogen-bond acceptors (Lipinski definition) is 8. The molecule has 11 nitrogen and oxygen atoms in total. The van der Waals surface area contributed by atoms with E-state index < -0.39 is 35.5 Å². The lowest BCUT2D eigenvalue weighted by Crippen LogP contribution is -2.57. The van der Waals surface area contributed by atoms with Crippen LogP contribution in [0.1, 0.15) is 25.0 Å². The molecule has 3 N–H and O–H groups in total. The van der Waals surface area contributed by atoms with E-state index in [4.69, 9.17) is 14.2 Å². The first-order valence-corrected chi connectivity index (χ1v) is 14.2. The summed E-state index contributed by atoms with van der Waals surface area (Å²) in [4.78, 5) is 54.8. The van der Waals surface area contributed by atoms with Crippen molar-refractivity contribution in [2.45, 2.75) is 50.4 Å². The Morgan fingerprint density at radius 3 is 2.10 bits per heavy atom. The van der Waals surface area contributed by atoms with Crippen molar-refractivity contribution >= 4 is 23.5 Å². The number of amides is 3. The Balaban J connectivity index is 1.46. The topological polar surface area (TPSA) is 139 Å². The molecule has 2 heterocycles. The first kappa shape index (κ1) is 31.1. The number of benzene rings is 2. The molecular weight excluding hydrogens is 540 g/mol. The average molecular weight is 581 g/mol. The number of Topliss-reactive ketones (excluding diaryl/α,β-unsaturated/α-hetero) is 1. The van der Waals surface area contributed by atoms with Crippen LogP contribution in [-0.4, -0.2) is 98.7 Å². The van der Waals surface area contributed by atoms with E-state index >= 15 is 0 Å². The smallest absolute Gasteiger partial charge is 0.243 e. The predicted octanol–water partition coefficient (Wildman–Crippen LogP) is 0.645. The molecule has 0 radical (unpaired) electrons. The quantitative estimate of drug-likeness (QED) is 0.277. The van der Waals surface area contributed by atoms with Gasteiger partial charge < -0.3 is 30.2 Å². The van der Waals surface area contributed by atoms with E-state index in [1.54, 1.807) is 33.1 Å². The number of carbonyl (C=O) groups is 4. The van der Waals surface area contributed by atoms with Crippen molar-refractivity contribution in [2.24, 2.45) is 0 Å². The summed E-state index contributed by atoms with van der Waals surface area (Å²) in [7, 11) is 1.56. The van der Waals surface area contributed by atoms with Gasteiger partial charge in [0.15, 0.2) is 5.78 Å². The predicted molar refractivity (Wildman–Crippen MR) is 155 cm³/mol. The molecule has 2 fully saturated rings. The summed E-state index contributed by atoms with van der Waals surface area (Å²) in [6.07, 6.45) is 0.442. The minimum absolute atomic E-state index is 0.154. The van der Waals surface area contributed by atoms with Crippen LogP contribution in [0.4, 0.5) is 0 Å². The van der Waals surface area contributed by atoms with Crippen molar-refractivity contribution in [3.63, 3.8) is 0 Å². The molecule has 11 heteroatoms. The number of nitrogens with zero attached hydrogens (tertiary/aromatic N) is 1. The fourth-order valence-electron chi connectivity index (χ4n) is 4.77. The molecule has 4 rings (SSSR count). The van der Waals surface area contributed by atoms with Crippen LogP contribution >= 0.6 is 0 Å². The molecule has 4 atom stereocenters. The van der Waals surface area contributed by atoms with E-state index in [9.17, 15) is 19.2 Å². The second kappa shape index (κ2) is 14.4. The van der Waals surface area contributed by atoms with Crippen LogP contribution in [0.5, 0.6) is 5.75 Å². The highest BCUT2D eigenvalue weighted by Gasteiger charge is 2.50. The summed E-state index contributed by atoms with van der Waals surface area (Å²) in [5.41, 5.74) is 0.720. The zero-order valence-electron chi connectivity index (χ0n) is 24.4. The Morgan fingerprint density at radius 2 is 1.48 bits per heavy atom. The molecule has 2 aliphatic heterocycles. The molecule has 3 amide bonds. The minimum atomic E-state index is -1.01. The lowest BCUT2D eigenvalue weighted by molar-refractivity contribution is -0.134. The zero-order valence-corrected chi connectivity index (χ0v) is 24.4. The molecule has 226 valence electrons. The fraction of sp³-hybridized carbons (Fsp3) is 0.484. The number of morpholine rings is 1. The standard InChI is InChI=1S/C31H40N4O7/c1-21(32-27(36)19-35-13-15-41-16-14-35)29(38)34-26(18-23-9-11-24(40-3)12-10-23)30(39)33-25(28(37)31(2)20-42-31)17-22-7-5-4-6-8-22/h4-12,21,25-26H,13-20H2,1-3H3,(H,32,36)(H,33,39)(H,34,38)/t21-,25+,26-,31-/m0/s1. The summed E-state index contributed by atoms with van der Waals surface area (Å²) in [5, 5.41) is 8.39. The Kier molecular flexibility index (Phi) is 10.7. The van der Waals surface area contributed by atoms with Crippen LogP contribution in [0, 0.1) is 0 Å². The first-order valence-electron chi connectivity index (χ1n) is 14.2. The molecule has 0 saturated carbocycles. The minimum Gasteiger partial charge on any atom is -0.497 e. The molecule has 2 aromatic rings. The number of ether oxygens (including phenoxy) is 3. The Morgan fingerprint density at radius 1 is 0.881 bits per heavy atom. The van der Waals surface area contributed by atoms with Crippen LogP contribution < -0.4 is 20.7 Å². The average Bonchev–Trinajstić information content (AvgIpc) is 3.75. The van der Waals surface area contributed by atoms with E-state index in [0.29, 0.717) is 38.7 Å². The van der Waals surface area contributed by atoms with Crippen molar-refractivity contribution < 1.29 is 33.4 Å². The van der Waals surface area contributed by atoms with Gasteiger partial charge in [-0.25, -0.2) is 0 Å². The van der Waals surface area contributed by atoms with E-state index in [0.717, 1.165) is 11.1 Å². The number of nitrogens with one attached hydrogen (secondary N) is 3. The Hall–Kier alpha value is -3.80. The van der Waals surface area contributed by atoms with Crippen molar-refractivity contribution in [3.05, 3.63) is 65.7 Å². The molecule has 42 heavy (non-hydrogen) atoms. The molecule has 0 unspecified atom stereocenters. The monoisotopic (exact) mass is 580 g/mol. The van der Waals surface area contributed by atoms with E-state index in [1.807, 2.05) is 47.4 Å². The maximum Gasteiger partial charge on any atom is 0.243 e. The Bertz CT molecular complexity index is 1230. The molecule has 0 bridgehead atoms. The summed E-state index contributed by atoms with van der Waals surface area (Å²) in [6.45, 7) is 6.13. The van der Waals surface area contributed by atoms with E-state index in [2.05, 4.69) is 16.0 Å². The highest BCUT2D eigenvalue weighted by atomic mass is 16.6. The third-order valence-electron chi connectivity index (χ3n) is 7.49. The molecule has 2 saturated heterocycles. The SMILES string of the molecule is COc1ccc(C[C@H](NC(=O)[C@H](C)NC(=O)CN2CCOCC2)C(=O)N[C@H](Cc2ccccc2)C(=O)[C@]2(C)CO2)cc1. The third-order valence-corrected chi connectivity index (χ3v) is 7.49. The van der Waals surface area contributed by atoms with Gasteiger partial charge in [-0.05, 0) is 43.5 Å². The van der Waals surface area contributed by atoms with Crippen LogP contribution in [0.25, 0.3) is 0 Å². The number of rotatable bonds is 14. The summed E-state index contributed by atoms with van der Waals surface area (Å²) in [5.74, 6) is -0.876. The van der Waals surface area contributed by atoms with Crippen molar-refractivity contribution in [2.75, 3.05) is 46.6 Å². The lowest BCUT2D eigenvalue weighted by atomic mass is 9.94. The van der Waals surface area contributed by atoms with E-state index in [-0.39, 0.29) is 31.1 Å². The fourth-order valence-corrected chi connectivity index (χ4v) is 4.77. The molecule has 2 aromatic carbocycles. The highest BCUT2D eigenvalue weighted by molar-refractivity contribution is 5.98. The lowest BCUT2D eigenvalue weighted by Gasteiger charge is -2.27. The summed E-state index contributed by atoms with van der Waals surface area (Å²) >= 11 is 0. The van der Waals surface area contributed by atoms with Gasteiger partial charge in [0.25, 0.3) is 0 Å². The first-order chi connectivity index (χ1) is 20.2. The Labute approximate surface area is 246 Å². The summed E-state index contributed by atoms with van der Waals surface area (Å²) < 4.78 is 15.9. The van der Waals surface area contributed by atoms with Crippen molar-refractivity contribution in [3.8, 4) is 5.75 Å². The van der Waals surface area contributed by atoms with Gasteiger partial charge in [0.05, 0.1) is 39.5 Å². The van der Waals surface area contributed by atoms with Crippen molar-refractivity contribution in [1.29, 1.82) is 0 Å². The van der Waals surface area contributed by atoms with Gasteiger partial charge in [0.1, 0.15) is 23.4 Å². The van der Waals surface area contributed by atoms with Gasteiger partial charge in [0, 0.05) is 19.5 Å². The number of epoxide rings is 1. The van der Waals surface area contributed by atoms with Gasteiger partial charge in [-0.1, -0.05) is 42.5 Å². The number of carbonyl (C=O) groups excluding carboxylic acids is 4. The second-order valence-corrected chi connectivity index (χ2v) is 10.9. The molecule has 0 aliphatic carbocycles. The molecule has 0 spiro atoms. The van der Waals surface area contributed by atoms with Crippen LogP contribution in [0.3, 0.4) is 0 Å². The highest BCUT2D eigenvalue weighted by Crippen LogP contribution is 2.29. The molecule has 2 aliphatic rings. The van der Waals surface area contributed by atoms with Gasteiger partial charge in [-0.15, -0.1) is 0 Å². The number of hydrogen-bond donors (Lipinski definition) is 3. The maximum absolute atomic E-state index is 13.7. The van der Waals surface area contributed by atoms with Crippen LogP contribution in [0.15, 0.2) is 54.6 Å². The molecular formula is C31H40N4O7. The second-order valence-electron chi connectivity index (χ2n) is 10.9. The summed E-state index contributed by atoms with van der Waals surface area (Å²) in [6, 6.07) is 13.8. The molecule has 0 aromatic heterocycles.